The fourth-order valence-electron chi connectivity index (χ4n) is 3.31. The van der Waals surface area contributed by atoms with Gasteiger partial charge in [0.25, 0.3) is 0 Å². The van der Waals surface area contributed by atoms with Crippen molar-refractivity contribution in [1.82, 2.24) is 0 Å². The Labute approximate surface area is 121 Å². The van der Waals surface area contributed by atoms with E-state index in [2.05, 4.69) is 27.7 Å². The molecule has 20 heavy (non-hydrogen) atoms. The highest BCUT2D eigenvalue weighted by Gasteiger charge is 2.50. The molecule has 0 radical (unpaired) electrons. The number of hydrogen-bond donors (Lipinski definition) is 0. The average molecular weight is 278 g/mol. The van der Waals surface area contributed by atoms with Gasteiger partial charge in [-0.15, -0.1) is 0 Å². The van der Waals surface area contributed by atoms with Crippen molar-refractivity contribution in [2.75, 3.05) is 13.2 Å². The zero-order valence-electron chi connectivity index (χ0n) is 13.1. The molecule has 0 spiro atoms. The molecule has 0 unspecified atom stereocenters. The maximum Gasteiger partial charge on any atom is 0.199 e. The molecular weight excluding hydrogens is 252 g/mol. The maximum atomic E-state index is 6.02. The molecule has 4 nitrogen and oxygen atoms in total. The first-order valence-electron chi connectivity index (χ1n) is 7.84. The Morgan fingerprint density at radius 1 is 1.00 bits per heavy atom. The highest BCUT2D eigenvalue weighted by atomic mass is 16.5. The van der Waals surface area contributed by atoms with Gasteiger partial charge in [0.1, 0.15) is 18.6 Å². The summed E-state index contributed by atoms with van der Waals surface area (Å²) < 4.78 is 11.9. The lowest BCUT2D eigenvalue weighted by Gasteiger charge is -2.27. The fourth-order valence-corrected chi connectivity index (χ4v) is 3.31. The van der Waals surface area contributed by atoms with Gasteiger partial charge in [-0.2, -0.15) is 0 Å². The van der Waals surface area contributed by atoms with Crippen LogP contribution in [0.5, 0.6) is 0 Å². The molecule has 0 bridgehead atoms. The van der Waals surface area contributed by atoms with Crippen LogP contribution in [0.1, 0.15) is 53.4 Å². The van der Waals surface area contributed by atoms with Gasteiger partial charge in [0.05, 0.1) is 12.1 Å². The quantitative estimate of drug-likeness (QED) is 0.778. The zero-order valence-corrected chi connectivity index (χ0v) is 13.1. The summed E-state index contributed by atoms with van der Waals surface area (Å²) in [5.74, 6) is 1.78. The van der Waals surface area contributed by atoms with Gasteiger partial charge >= 0.3 is 0 Å². The van der Waals surface area contributed by atoms with Crippen LogP contribution in [-0.4, -0.2) is 37.1 Å². The van der Waals surface area contributed by atoms with E-state index in [1.807, 2.05) is 0 Å². The van der Waals surface area contributed by atoms with Crippen molar-refractivity contribution in [1.29, 1.82) is 0 Å². The van der Waals surface area contributed by atoms with E-state index < -0.39 is 0 Å². The summed E-state index contributed by atoms with van der Waals surface area (Å²) in [4.78, 5) is 9.62. The van der Waals surface area contributed by atoms with Gasteiger partial charge in [0, 0.05) is 0 Å². The van der Waals surface area contributed by atoms with Gasteiger partial charge < -0.3 is 9.47 Å². The largest absolute Gasteiger partial charge is 0.478 e. The molecule has 0 aromatic carbocycles. The number of nitrogens with zero attached hydrogens (tertiary/aromatic N) is 2. The molecule has 1 saturated carbocycles. The van der Waals surface area contributed by atoms with Gasteiger partial charge in [0.15, 0.2) is 11.8 Å². The highest BCUT2D eigenvalue weighted by molar-refractivity contribution is 6.06. The average Bonchev–Trinajstić information content (AvgIpc) is 3.07. The van der Waals surface area contributed by atoms with E-state index in [-0.39, 0.29) is 22.9 Å². The van der Waals surface area contributed by atoms with E-state index in [0.29, 0.717) is 13.2 Å². The van der Waals surface area contributed by atoms with Crippen LogP contribution in [0.3, 0.4) is 0 Å². The lowest BCUT2D eigenvalue weighted by Crippen LogP contribution is -2.37. The third-order valence-electron chi connectivity index (χ3n) is 4.73. The molecule has 0 N–H and O–H groups in total. The van der Waals surface area contributed by atoms with Crippen molar-refractivity contribution in [2.24, 2.45) is 20.8 Å². The minimum atomic E-state index is -0.162. The van der Waals surface area contributed by atoms with E-state index in [1.165, 1.54) is 12.8 Å². The van der Waals surface area contributed by atoms with Gasteiger partial charge in [-0.05, 0) is 25.2 Å². The predicted molar refractivity (Wildman–Crippen MR) is 80.4 cm³/mol. The molecule has 0 saturated heterocycles. The van der Waals surface area contributed by atoms with E-state index in [4.69, 9.17) is 19.5 Å². The molecule has 112 valence electrons. The van der Waals surface area contributed by atoms with E-state index in [1.54, 1.807) is 0 Å². The second kappa shape index (κ2) is 4.74. The Morgan fingerprint density at radius 3 is 2.10 bits per heavy atom. The molecule has 4 heteroatoms. The molecule has 2 atom stereocenters. The van der Waals surface area contributed by atoms with Gasteiger partial charge in [-0.3, -0.25) is 0 Å². The van der Waals surface area contributed by atoms with Crippen LogP contribution in [0.4, 0.5) is 0 Å². The van der Waals surface area contributed by atoms with E-state index in [9.17, 15) is 0 Å². The molecule has 1 fully saturated rings. The van der Waals surface area contributed by atoms with Crippen LogP contribution < -0.4 is 0 Å². The second-order valence-corrected chi connectivity index (χ2v) is 7.51. The number of ether oxygens (including phenoxy) is 2. The van der Waals surface area contributed by atoms with Crippen molar-refractivity contribution in [3.63, 3.8) is 0 Å². The third kappa shape index (κ3) is 2.23. The standard InChI is InChI=1S/C16H26N2O2/c1-11-9-19-13(17-11)16(7-5-6-8-16)14-18-12(10-20-14)15(2,3)4/h11-12H,5-10H2,1-4H3/t11-,12+/m0/s1. The van der Waals surface area contributed by atoms with Crippen molar-refractivity contribution in [3.8, 4) is 0 Å². The molecule has 0 aromatic rings. The predicted octanol–water partition coefficient (Wildman–Crippen LogP) is 3.21. The minimum absolute atomic E-state index is 0.146. The van der Waals surface area contributed by atoms with E-state index >= 15 is 0 Å². The second-order valence-electron chi connectivity index (χ2n) is 7.51. The SMILES string of the molecule is C[C@H]1COC(C2(C3=N[C@@H](C(C)(C)C)CO3)CCCC2)=N1. The van der Waals surface area contributed by atoms with Crippen LogP contribution in [0.2, 0.25) is 0 Å². The topological polar surface area (TPSA) is 43.2 Å². The summed E-state index contributed by atoms with van der Waals surface area (Å²) in [6.07, 6.45) is 4.54. The molecule has 0 aromatic heterocycles. The summed E-state index contributed by atoms with van der Waals surface area (Å²) in [5.41, 5.74) is -0.0159. The van der Waals surface area contributed by atoms with Gasteiger partial charge in [0.2, 0.25) is 0 Å². The van der Waals surface area contributed by atoms with Crippen LogP contribution >= 0.6 is 0 Å². The Morgan fingerprint density at radius 2 is 1.60 bits per heavy atom. The zero-order chi connectivity index (χ0) is 14.4. The first-order chi connectivity index (χ1) is 9.42. The summed E-state index contributed by atoms with van der Waals surface area (Å²) in [5, 5.41) is 0. The summed E-state index contributed by atoms with van der Waals surface area (Å²) in [6, 6.07) is 0.511. The lowest BCUT2D eigenvalue weighted by atomic mass is 9.85. The van der Waals surface area contributed by atoms with Gasteiger partial charge in [-0.1, -0.05) is 33.6 Å². The molecule has 3 rings (SSSR count). The summed E-state index contributed by atoms with van der Waals surface area (Å²) in [6.45, 7) is 10.2. The third-order valence-corrected chi connectivity index (χ3v) is 4.73. The van der Waals surface area contributed by atoms with Crippen molar-refractivity contribution in [3.05, 3.63) is 0 Å². The van der Waals surface area contributed by atoms with Crippen LogP contribution in [0.15, 0.2) is 9.98 Å². The molecular formula is C16H26N2O2. The van der Waals surface area contributed by atoms with Crippen LogP contribution in [0, 0.1) is 10.8 Å². The Hall–Kier alpha value is -1.06. The van der Waals surface area contributed by atoms with E-state index in [0.717, 1.165) is 24.6 Å². The Bertz CT molecular complexity index is 442. The molecule has 1 aliphatic carbocycles. The Kier molecular flexibility index (Phi) is 3.30. The number of rotatable bonds is 2. The minimum Gasteiger partial charge on any atom is -0.478 e. The normalized spacial score (nSPS) is 32.6. The van der Waals surface area contributed by atoms with Crippen LogP contribution in [-0.2, 0) is 9.47 Å². The summed E-state index contributed by atoms with van der Waals surface area (Å²) >= 11 is 0. The Balaban J connectivity index is 1.91. The lowest BCUT2D eigenvalue weighted by molar-refractivity contribution is 0.218. The van der Waals surface area contributed by atoms with Crippen molar-refractivity contribution < 1.29 is 9.47 Å². The first kappa shape index (κ1) is 13.9. The van der Waals surface area contributed by atoms with Gasteiger partial charge in [-0.25, -0.2) is 9.98 Å². The number of hydrogen-bond acceptors (Lipinski definition) is 4. The van der Waals surface area contributed by atoms with Crippen LogP contribution in [0.25, 0.3) is 0 Å². The monoisotopic (exact) mass is 278 g/mol. The smallest absolute Gasteiger partial charge is 0.199 e. The highest BCUT2D eigenvalue weighted by Crippen LogP contribution is 2.45. The molecule has 2 heterocycles. The fraction of sp³-hybridized carbons (Fsp3) is 0.875. The number of aliphatic imine (C=N–C) groups is 2. The summed E-state index contributed by atoms with van der Waals surface area (Å²) in [7, 11) is 0. The van der Waals surface area contributed by atoms with Crippen molar-refractivity contribution in [2.45, 2.75) is 65.5 Å². The first-order valence-corrected chi connectivity index (χ1v) is 7.84. The van der Waals surface area contributed by atoms with Crippen molar-refractivity contribution >= 4 is 11.8 Å². The molecule has 0 amide bonds. The maximum absolute atomic E-state index is 6.02. The molecule has 2 aliphatic heterocycles. The molecule has 3 aliphatic rings.